The van der Waals surface area contributed by atoms with E-state index in [1.165, 1.54) is 18.4 Å². The Morgan fingerprint density at radius 2 is 2.18 bits per heavy atom. The first-order chi connectivity index (χ1) is 8.25. The van der Waals surface area contributed by atoms with Gasteiger partial charge in [0.15, 0.2) is 0 Å². The fourth-order valence-corrected chi connectivity index (χ4v) is 3.22. The summed E-state index contributed by atoms with van der Waals surface area (Å²) in [5.74, 6) is -0.888. The zero-order chi connectivity index (χ0) is 11.8. The van der Waals surface area contributed by atoms with Gasteiger partial charge < -0.3 is 10.1 Å². The van der Waals surface area contributed by atoms with Gasteiger partial charge in [0, 0.05) is 24.4 Å². The van der Waals surface area contributed by atoms with E-state index in [9.17, 15) is 9.90 Å². The van der Waals surface area contributed by atoms with Crippen LogP contribution < -0.4 is 0 Å². The maximum atomic E-state index is 11.2. The highest BCUT2D eigenvalue weighted by Gasteiger charge is 2.35. The van der Waals surface area contributed by atoms with E-state index in [1.807, 2.05) is 6.20 Å². The number of rotatable bonds is 2. The Morgan fingerprint density at radius 3 is 2.88 bits per heavy atom. The Morgan fingerprint density at radius 1 is 1.41 bits per heavy atom. The van der Waals surface area contributed by atoms with Gasteiger partial charge in [-0.15, -0.1) is 0 Å². The van der Waals surface area contributed by atoms with Gasteiger partial charge in [-0.2, -0.15) is 0 Å². The molecule has 2 heterocycles. The third-order valence-electron chi connectivity index (χ3n) is 4.12. The molecule has 2 aliphatic rings. The average Bonchev–Trinajstić information content (AvgIpc) is 2.98. The van der Waals surface area contributed by atoms with Gasteiger partial charge >= 0.3 is 5.97 Å². The molecule has 0 radical (unpaired) electrons. The fraction of sp³-hybridized carbons (Fsp3) is 0.615. The molecule has 0 amide bonds. The van der Waals surface area contributed by atoms with Gasteiger partial charge in [-0.05, 0) is 44.0 Å². The Kier molecular flexibility index (Phi) is 2.67. The van der Waals surface area contributed by atoms with E-state index in [0.29, 0.717) is 12.5 Å². The van der Waals surface area contributed by atoms with Crippen molar-refractivity contribution in [3.05, 3.63) is 23.5 Å². The number of nitrogens with one attached hydrogen (secondary N) is 1. The molecule has 1 aliphatic carbocycles. The lowest BCUT2D eigenvalue weighted by molar-refractivity contribution is -0.142. The van der Waals surface area contributed by atoms with Crippen LogP contribution in [0.15, 0.2) is 12.3 Å². The standard InChI is InChI=1S/C13H18N2O2/c16-13(17)9-7-11-10(3-4-14-11)12(8-9)15-5-1-2-6-15/h3-4,9,12,14H,1-2,5-8H2,(H,16,17). The zero-order valence-electron chi connectivity index (χ0n) is 9.85. The van der Waals surface area contributed by atoms with Crippen molar-refractivity contribution in [1.29, 1.82) is 0 Å². The molecule has 1 aromatic rings. The summed E-state index contributed by atoms with van der Waals surface area (Å²) in [6.07, 6.45) is 5.85. The van der Waals surface area contributed by atoms with Crippen LogP contribution in [0.4, 0.5) is 0 Å². The lowest BCUT2D eigenvalue weighted by Gasteiger charge is -2.33. The van der Waals surface area contributed by atoms with Gasteiger partial charge in [-0.25, -0.2) is 0 Å². The molecule has 0 saturated carbocycles. The smallest absolute Gasteiger partial charge is 0.306 e. The monoisotopic (exact) mass is 234 g/mol. The van der Waals surface area contributed by atoms with Crippen LogP contribution in [0.5, 0.6) is 0 Å². The van der Waals surface area contributed by atoms with Crippen molar-refractivity contribution in [2.75, 3.05) is 13.1 Å². The van der Waals surface area contributed by atoms with Gasteiger partial charge in [0.25, 0.3) is 0 Å². The van der Waals surface area contributed by atoms with Crippen molar-refractivity contribution in [2.45, 2.75) is 31.7 Å². The molecule has 92 valence electrons. The van der Waals surface area contributed by atoms with Gasteiger partial charge in [0.05, 0.1) is 5.92 Å². The number of likely N-dealkylation sites (tertiary alicyclic amines) is 1. The number of hydrogen-bond acceptors (Lipinski definition) is 2. The maximum Gasteiger partial charge on any atom is 0.306 e. The first-order valence-electron chi connectivity index (χ1n) is 6.38. The van der Waals surface area contributed by atoms with Crippen molar-refractivity contribution in [3.8, 4) is 0 Å². The van der Waals surface area contributed by atoms with Crippen LogP contribution in [-0.4, -0.2) is 34.0 Å². The lowest BCUT2D eigenvalue weighted by Crippen LogP contribution is -2.34. The van der Waals surface area contributed by atoms with Crippen molar-refractivity contribution in [2.24, 2.45) is 5.92 Å². The molecule has 0 aromatic carbocycles. The van der Waals surface area contributed by atoms with Crippen LogP contribution in [0.2, 0.25) is 0 Å². The van der Waals surface area contributed by atoms with E-state index in [4.69, 9.17) is 0 Å². The summed E-state index contributed by atoms with van der Waals surface area (Å²) in [5, 5.41) is 9.23. The third kappa shape index (κ3) is 1.86. The Bertz CT molecular complexity index is 421. The molecule has 1 aliphatic heterocycles. The molecule has 2 atom stereocenters. The van der Waals surface area contributed by atoms with E-state index in [0.717, 1.165) is 25.2 Å². The number of carboxylic acids is 1. The van der Waals surface area contributed by atoms with Crippen LogP contribution in [0.25, 0.3) is 0 Å². The number of nitrogens with zero attached hydrogens (tertiary/aromatic N) is 1. The van der Waals surface area contributed by atoms with Crippen LogP contribution >= 0.6 is 0 Å². The van der Waals surface area contributed by atoms with Crippen molar-refractivity contribution >= 4 is 5.97 Å². The van der Waals surface area contributed by atoms with Crippen LogP contribution in [-0.2, 0) is 11.2 Å². The number of fused-ring (bicyclic) bond motifs is 1. The number of carboxylic acid groups (broad SMARTS) is 1. The molecule has 2 unspecified atom stereocenters. The highest BCUT2D eigenvalue weighted by atomic mass is 16.4. The molecule has 0 bridgehead atoms. The normalized spacial score (nSPS) is 29.2. The summed E-state index contributed by atoms with van der Waals surface area (Å²) in [5.41, 5.74) is 2.45. The predicted molar refractivity (Wildman–Crippen MR) is 63.8 cm³/mol. The first-order valence-corrected chi connectivity index (χ1v) is 6.38. The van der Waals surface area contributed by atoms with Crippen LogP contribution in [0.3, 0.4) is 0 Å². The van der Waals surface area contributed by atoms with Crippen molar-refractivity contribution in [1.82, 2.24) is 9.88 Å². The summed E-state index contributed by atoms with van der Waals surface area (Å²) >= 11 is 0. The second-order valence-corrected chi connectivity index (χ2v) is 5.15. The van der Waals surface area contributed by atoms with E-state index in [2.05, 4.69) is 16.0 Å². The molecule has 4 heteroatoms. The zero-order valence-corrected chi connectivity index (χ0v) is 9.85. The minimum atomic E-state index is -0.658. The van der Waals surface area contributed by atoms with Crippen LogP contribution in [0.1, 0.15) is 36.6 Å². The van der Waals surface area contributed by atoms with E-state index in [1.54, 1.807) is 0 Å². The predicted octanol–water partition coefficient (Wildman–Crippen LogP) is 1.80. The maximum absolute atomic E-state index is 11.2. The van der Waals surface area contributed by atoms with E-state index >= 15 is 0 Å². The minimum Gasteiger partial charge on any atom is -0.481 e. The molecule has 1 fully saturated rings. The topological polar surface area (TPSA) is 56.3 Å². The lowest BCUT2D eigenvalue weighted by atomic mass is 9.83. The number of carbonyl (C=O) groups is 1. The molecule has 1 saturated heterocycles. The summed E-state index contributed by atoms with van der Waals surface area (Å²) < 4.78 is 0. The van der Waals surface area contributed by atoms with E-state index < -0.39 is 5.97 Å². The largest absolute Gasteiger partial charge is 0.481 e. The molecular formula is C13H18N2O2. The highest BCUT2D eigenvalue weighted by Crippen LogP contribution is 2.38. The second kappa shape index (κ2) is 4.18. The fourth-order valence-electron chi connectivity index (χ4n) is 3.22. The Balaban J connectivity index is 1.89. The van der Waals surface area contributed by atoms with Crippen LogP contribution in [0, 0.1) is 5.92 Å². The molecule has 0 spiro atoms. The van der Waals surface area contributed by atoms with E-state index in [-0.39, 0.29) is 5.92 Å². The molecule has 2 N–H and O–H groups in total. The van der Waals surface area contributed by atoms with Gasteiger partial charge in [-0.1, -0.05) is 0 Å². The quantitative estimate of drug-likeness (QED) is 0.820. The molecule has 17 heavy (non-hydrogen) atoms. The number of hydrogen-bond donors (Lipinski definition) is 2. The van der Waals surface area contributed by atoms with Gasteiger partial charge in [0.1, 0.15) is 0 Å². The van der Waals surface area contributed by atoms with Gasteiger partial charge in [-0.3, -0.25) is 9.69 Å². The average molecular weight is 234 g/mol. The molecule has 4 nitrogen and oxygen atoms in total. The summed E-state index contributed by atoms with van der Waals surface area (Å²) in [4.78, 5) is 16.9. The van der Waals surface area contributed by atoms with Crippen molar-refractivity contribution < 1.29 is 9.90 Å². The number of aromatic nitrogens is 1. The molecule has 3 rings (SSSR count). The Hall–Kier alpha value is -1.29. The first kappa shape index (κ1) is 10.8. The number of aromatic amines is 1. The third-order valence-corrected chi connectivity index (χ3v) is 4.12. The second-order valence-electron chi connectivity index (χ2n) is 5.15. The van der Waals surface area contributed by atoms with Gasteiger partial charge in [0.2, 0.25) is 0 Å². The molecule has 1 aromatic heterocycles. The minimum absolute atomic E-state index is 0.230. The number of aliphatic carboxylic acids is 1. The summed E-state index contributed by atoms with van der Waals surface area (Å²) in [7, 11) is 0. The van der Waals surface area contributed by atoms with Crippen molar-refractivity contribution in [3.63, 3.8) is 0 Å². The summed E-state index contributed by atoms with van der Waals surface area (Å²) in [6.45, 7) is 2.23. The highest BCUT2D eigenvalue weighted by molar-refractivity contribution is 5.71. The SMILES string of the molecule is O=C(O)C1Cc2[nH]ccc2C(N2CCCC2)C1. The summed E-state index contributed by atoms with van der Waals surface area (Å²) in [6, 6.07) is 2.43. The Labute approximate surface area is 101 Å². The molecular weight excluding hydrogens is 216 g/mol. The number of H-pyrrole nitrogens is 1.